The van der Waals surface area contributed by atoms with Crippen molar-refractivity contribution >= 4 is 41.5 Å². The maximum absolute atomic E-state index is 12.5. The Morgan fingerprint density at radius 1 is 1.23 bits per heavy atom. The van der Waals surface area contributed by atoms with Gasteiger partial charge in [0.25, 0.3) is 0 Å². The lowest BCUT2D eigenvalue weighted by molar-refractivity contribution is -0.0504. The quantitative estimate of drug-likeness (QED) is 0.261. The molecule has 0 fully saturated rings. The Hall–Kier alpha value is -1.68. The van der Waals surface area contributed by atoms with Gasteiger partial charge in [-0.05, 0) is 24.6 Å². The molecular weight excluding hydrogens is 477 g/mol. The molecule has 1 aromatic heterocycles. The highest BCUT2D eigenvalue weighted by Crippen LogP contribution is 2.19. The molecule has 0 saturated heterocycles. The lowest BCUT2D eigenvalue weighted by atomic mass is 10.2. The highest BCUT2D eigenvalue weighted by molar-refractivity contribution is 14.0. The summed E-state index contributed by atoms with van der Waals surface area (Å²) in [5.41, 5.74) is 1.52. The number of alkyl halides is 2. The van der Waals surface area contributed by atoms with Gasteiger partial charge in [0, 0.05) is 24.8 Å². The lowest BCUT2D eigenvalue weighted by Crippen LogP contribution is -2.36. The number of pyridine rings is 1. The van der Waals surface area contributed by atoms with Crippen molar-refractivity contribution in [1.29, 1.82) is 0 Å². The van der Waals surface area contributed by atoms with Gasteiger partial charge in [0.2, 0.25) is 0 Å². The Balaban J connectivity index is 0.00000338. The van der Waals surface area contributed by atoms with Crippen molar-refractivity contribution in [3.05, 3.63) is 58.9 Å². The molecule has 0 radical (unpaired) electrons. The number of nitrogens with zero attached hydrogens (tertiary/aromatic N) is 2. The largest absolute Gasteiger partial charge is 0.434 e. The molecule has 0 unspecified atom stereocenters. The van der Waals surface area contributed by atoms with Crippen molar-refractivity contribution in [3.8, 4) is 5.75 Å². The minimum Gasteiger partial charge on any atom is -0.434 e. The number of aromatic nitrogens is 1. The predicted octanol–water partition coefficient (Wildman–Crippen LogP) is 4.21. The first-order chi connectivity index (χ1) is 12.1. The van der Waals surface area contributed by atoms with Crippen LogP contribution in [0.1, 0.15) is 18.1 Å². The van der Waals surface area contributed by atoms with Crippen molar-refractivity contribution in [2.45, 2.75) is 26.6 Å². The van der Waals surface area contributed by atoms with E-state index in [4.69, 9.17) is 11.6 Å². The van der Waals surface area contributed by atoms with Gasteiger partial charge in [0.1, 0.15) is 10.9 Å². The molecule has 0 bridgehead atoms. The third-order valence-corrected chi connectivity index (χ3v) is 3.41. The second-order valence-corrected chi connectivity index (χ2v) is 5.41. The molecule has 1 aromatic carbocycles. The van der Waals surface area contributed by atoms with Gasteiger partial charge in [-0.2, -0.15) is 8.78 Å². The molecule has 1 heterocycles. The first-order valence-electron chi connectivity index (χ1n) is 7.73. The minimum absolute atomic E-state index is 0. The van der Waals surface area contributed by atoms with Gasteiger partial charge in [0.15, 0.2) is 5.96 Å². The summed E-state index contributed by atoms with van der Waals surface area (Å²) in [6.45, 7) is 0.456. The predicted molar refractivity (Wildman–Crippen MR) is 109 cm³/mol. The number of para-hydroxylation sites is 1. The summed E-state index contributed by atoms with van der Waals surface area (Å²) in [6.07, 6.45) is 1.65. The van der Waals surface area contributed by atoms with E-state index in [-0.39, 0.29) is 29.7 Å². The van der Waals surface area contributed by atoms with E-state index in [0.717, 1.165) is 5.56 Å². The van der Waals surface area contributed by atoms with Crippen LogP contribution < -0.4 is 15.4 Å². The number of guanidine groups is 1. The number of ether oxygens (including phenoxy) is 1. The first-order valence-corrected chi connectivity index (χ1v) is 8.11. The number of nitrogens with one attached hydrogen (secondary N) is 2. The fraction of sp³-hybridized carbons (Fsp3) is 0.294. The molecule has 5 nitrogen and oxygen atoms in total. The molecule has 0 spiro atoms. The SMILES string of the molecule is CCNC(=NCc1ccc(Cl)nc1)NCc1ccccc1OC(F)F.I. The topological polar surface area (TPSA) is 58.5 Å². The van der Waals surface area contributed by atoms with Crippen LogP contribution in [0.4, 0.5) is 8.78 Å². The van der Waals surface area contributed by atoms with Crippen molar-refractivity contribution in [2.24, 2.45) is 4.99 Å². The summed E-state index contributed by atoms with van der Waals surface area (Å²) < 4.78 is 29.4. The van der Waals surface area contributed by atoms with Crippen molar-refractivity contribution < 1.29 is 13.5 Å². The Morgan fingerprint density at radius 3 is 2.65 bits per heavy atom. The van der Waals surface area contributed by atoms with Crippen molar-refractivity contribution in [1.82, 2.24) is 15.6 Å². The number of benzene rings is 1. The van der Waals surface area contributed by atoms with Gasteiger partial charge in [-0.25, -0.2) is 9.98 Å². The number of aliphatic imine (C=N–C) groups is 1. The van der Waals surface area contributed by atoms with E-state index in [1.54, 1.807) is 30.5 Å². The summed E-state index contributed by atoms with van der Waals surface area (Å²) in [7, 11) is 0. The standard InChI is InChI=1S/C17H19ClF2N4O.HI/c1-2-21-17(23-10-12-7-8-15(18)22-9-12)24-11-13-5-3-4-6-14(13)25-16(19)20;/h3-9,16H,2,10-11H2,1H3,(H2,21,23,24);1H. The molecule has 0 aliphatic rings. The molecule has 2 aromatic rings. The van der Waals surface area contributed by atoms with Crippen LogP contribution in [0, 0.1) is 0 Å². The molecular formula is C17H20ClF2IN4O. The zero-order valence-electron chi connectivity index (χ0n) is 14.1. The summed E-state index contributed by atoms with van der Waals surface area (Å²) in [5, 5.41) is 6.62. The monoisotopic (exact) mass is 496 g/mol. The Labute approximate surface area is 173 Å². The second kappa shape index (κ2) is 11.8. The van der Waals surface area contributed by atoms with Crippen molar-refractivity contribution in [2.75, 3.05) is 6.54 Å². The molecule has 26 heavy (non-hydrogen) atoms. The van der Waals surface area contributed by atoms with Gasteiger partial charge < -0.3 is 15.4 Å². The maximum atomic E-state index is 12.5. The van der Waals surface area contributed by atoms with E-state index in [0.29, 0.717) is 36.3 Å². The van der Waals surface area contributed by atoms with E-state index in [1.165, 1.54) is 6.07 Å². The number of halogens is 4. The molecule has 0 saturated carbocycles. The highest BCUT2D eigenvalue weighted by atomic mass is 127. The molecule has 9 heteroatoms. The molecule has 2 N–H and O–H groups in total. The van der Waals surface area contributed by atoms with Crippen LogP contribution in [0.25, 0.3) is 0 Å². The fourth-order valence-electron chi connectivity index (χ4n) is 2.05. The van der Waals surface area contributed by atoms with Crippen LogP contribution >= 0.6 is 35.6 Å². The average molecular weight is 497 g/mol. The Morgan fingerprint density at radius 2 is 2.00 bits per heavy atom. The second-order valence-electron chi connectivity index (χ2n) is 5.02. The van der Waals surface area contributed by atoms with Gasteiger partial charge in [-0.1, -0.05) is 35.9 Å². The van der Waals surface area contributed by atoms with Crippen LogP contribution in [0.5, 0.6) is 5.75 Å². The Bertz CT molecular complexity index is 701. The van der Waals surface area contributed by atoms with Crippen LogP contribution in [0.15, 0.2) is 47.6 Å². The highest BCUT2D eigenvalue weighted by Gasteiger charge is 2.09. The summed E-state index contributed by atoms with van der Waals surface area (Å²) in [6, 6.07) is 10.2. The number of hydrogen-bond acceptors (Lipinski definition) is 3. The molecule has 0 atom stereocenters. The third kappa shape index (κ3) is 7.69. The molecule has 0 amide bonds. The number of rotatable bonds is 7. The summed E-state index contributed by atoms with van der Waals surface area (Å²) in [5.74, 6) is 0.701. The molecule has 0 aliphatic carbocycles. The van der Waals surface area contributed by atoms with Gasteiger partial charge in [0.05, 0.1) is 6.54 Å². The lowest BCUT2D eigenvalue weighted by Gasteiger charge is -2.14. The smallest absolute Gasteiger partial charge is 0.387 e. The van der Waals surface area contributed by atoms with Gasteiger partial charge in [-0.3, -0.25) is 0 Å². The van der Waals surface area contributed by atoms with Crippen LogP contribution in [0.3, 0.4) is 0 Å². The van der Waals surface area contributed by atoms with Crippen LogP contribution in [0.2, 0.25) is 5.15 Å². The molecule has 2 rings (SSSR count). The van der Waals surface area contributed by atoms with Gasteiger partial charge in [-0.15, -0.1) is 24.0 Å². The van der Waals surface area contributed by atoms with E-state index < -0.39 is 6.61 Å². The number of hydrogen-bond donors (Lipinski definition) is 2. The third-order valence-electron chi connectivity index (χ3n) is 3.19. The van der Waals surface area contributed by atoms with Crippen LogP contribution in [-0.2, 0) is 13.1 Å². The van der Waals surface area contributed by atoms with Crippen LogP contribution in [-0.4, -0.2) is 24.1 Å². The fourth-order valence-corrected chi connectivity index (χ4v) is 2.16. The summed E-state index contributed by atoms with van der Waals surface area (Å²) >= 11 is 5.76. The van der Waals surface area contributed by atoms with Crippen molar-refractivity contribution in [3.63, 3.8) is 0 Å². The van der Waals surface area contributed by atoms with Gasteiger partial charge >= 0.3 is 6.61 Å². The first kappa shape index (κ1) is 22.4. The van der Waals surface area contributed by atoms with E-state index in [1.807, 2.05) is 13.0 Å². The minimum atomic E-state index is -2.86. The van der Waals surface area contributed by atoms with E-state index >= 15 is 0 Å². The summed E-state index contributed by atoms with van der Waals surface area (Å²) in [4.78, 5) is 8.45. The molecule has 142 valence electrons. The maximum Gasteiger partial charge on any atom is 0.387 e. The van der Waals surface area contributed by atoms with E-state index in [2.05, 4.69) is 25.3 Å². The zero-order valence-corrected chi connectivity index (χ0v) is 17.2. The van der Waals surface area contributed by atoms with E-state index in [9.17, 15) is 8.78 Å². The molecule has 0 aliphatic heterocycles. The Kier molecular flexibility index (Phi) is 10.2. The normalized spacial score (nSPS) is 11.0. The zero-order chi connectivity index (χ0) is 18.1. The average Bonchev–Trinajstić information content (AvgIpc) is 2.59.